The number of hydrogen-bond donors (Lipinski definition) is 3. The van der Waals surface area contributed by atoms with Crippen molar-refractivity contribution in [1.82, 2.24) is 29.2 Å². The molecule has 0 spiro atoms. The number of aromatic nitrogens is 5. The van der Waals surface area contributed by atoms with Crippen LogP contribution in [0.1, 0.15) is 5.82 Å². The Hall–Kier alpha value is -4.56. The fraction of sp³-hybridized carbons (Fsp3) is 0.227. The van der Waals surface area contributed by atoms with E-state index in [0.29, 0.717) is 16.2 Å². The number of nitrogen functional groups attached to an aromatic ring is 1. The minimum absolute atomic E-state index is 0.00356. The van der Waals surface area contributed by atoms with E-state index in [4.69, 9.17) is 11.5 Å². The highest BCUT2D eigenvalue weighted by Gasteiger charge is 2.53. The van der Waals surface area contributed by atoms with Gasteiger partial charge in [-0.05, 0) is 23.1 Å². The van der Waals surface area contributed by atoms with Crippen LogP contribution in [0.3, 0.4) is 0 Å². The average Bonchev–Trinajstić information content (AvgIpc) is 3.56. The van der Waals surface area contributed by atoms with Crippen LogP contribution in [0.25, 0.3) is 5.65 Å². The summed E-state index contributed by atoms with van der Waals surface area (Å²) in [6, 6.07) is 2.36. The lowest BCUT2D eigenvalue weighted by Crippen LogP contribution is -2.71. The fourth-order valence-corrected chi connectivity index (χ4v) is 6.50. The van der Waals surface area contributed by atoms with Gasteiger partial charge in [-0.1, -0.05) is 22.0 Å². The summed E-state index contributed by atoms with van der Waals surface area (Å²) in [5, 5.41) is 23.8. The van der Waals surface area contributed by atoms with Crippen LogP contribution in [0.2, 0.25) is 0 Å². The van der Waals surface area contributed by atoms with Crippen LogP contribution in [-0.2, 0) is 30.6 Å². The second kappa shape index (κ2) is 12.1. The smallest absolute Gasteiger partial charge is 0.307 e. The van der Waals surface area contributed by atoms with Gasteiger partial charge in [-0.2, -0.15) is 9.36 Å². The number of carbonyl (C=O) groups is 4. The van der Waals surface area contributed by atoms with E-state index in [0.717, 1.165) is 16.4 Å². The Morgan fingerprint density at radius 1 is 1.38 bits per heavy atom. The number of amides is 3. The molecule has 16 nitrogen and oxygen atoms in total. The number of fused-ring (bicyclic) bond motifs is 2. The summed E-state index contributed by atoms with van der Waals surface area (Å²) in [5.74, 6) is -3.72. The number of nitrogens with two attached hydrogens (primary N) is 2. The fourth-order valence-electron chi connectivity index (χ4n) is 4.09. The Kier molecular flexibility index (Phi) is 8.36. The summed E-state index contributed by atoms with van der Waals surface area (Å²) < 4.78 is 19.6. The number of anilines is 1. The van der Waals surface area contributed by atoms with Crippen molar-refractivity contribution in [2.75, 3.05) is 18.3 Å². The van der Waals surface area contributed by atoms with Crippen LogP contribution in [0.4, 0.5) is 9.52 Å². The molecule has 20 heteroatoms. The van der Waals surface area contributed by atoms with Crippen LogP contribution >= 0.6 is 35.1 Å². The van der Waals surface area contributed by atoms with E-state index in [1.165, 1.54) is 23.5 Å². The second-order valence-corrected chi connectivity index (χ2v) is 11.3. The van der Waals surface area contributed by atoms with Crippen molar-refractivity contribution in [3.8, 4) is 0 Å². The van der Waals surface area contributed by atoms with Gasteiger partial charge in [-0.15, -0.1) is 16.3 Å². The zero-order valence-electron chi connectivity index (χ0n) is 21.1. The normalized spacial score (nSPS) is 18.7. The molecule has 42 heavy (non-hydrogen) atoms. The standard InChI is InChI=1S/C22H19FN10O6S3/c23-9-39-29-14(17-27-22(25)42-30-17)18(35)26-15-19(36)33-16(21(37)38)10(8-41-20(15)33)3-6-40-12-1-2-13-31(7-11(24)34)4-5-32(13)28-12/h1-6,15,20H,7-9H2,(H5-,24,25,26,27,30,34,35,37,38)/b6-3+,29-14-/t15-,20-/m1/s1. The predicted molar refractivity (Wildman–Crippen MR) is 145 cm³/mol. The number of halogens is 1. The summed E-state index contributed by atoms with van der Waals surface area (Å²) in [6.07, 6.45) is 4.88. The van der Waals surface area contributed by atoms with E-state index in [9.17, 15) is 28.7 Å². The number of aliphatic carboxylic acids is 1. The summed E-state index contributed by atoms with van der Waals surface area (Å²) in [7, 11) is 0. The number of rotatable bonds is 11. The van der Waals surface area contributed by atoms with E-state index in [2.05, 4.69) is 29.8 Å². The number of allylic oxidation sites excluding steroid dienone is 1. The quantitative estimate of drug-likeness (QED) is 0.0678. The molecule has 5 rings (SSSR count). The number of carboxylic acid groups (broad SMARTS) is 1. The number of alkyl halides is 1. The van der Waals surface area contributed by atoms with Crippen LogP contribution in [-0.4, -0.2) is 77.3 Å². The first kappa shape index (κ1) is 29.0. The van der Waals surface area contributed by atoms with Crippen molar-refractivity contribution in [1.29, 1.82) is 0 Å². The van der Waals surface area contributed by atoms with E-state index in [1.807, 2.05) is 0 Å². The van der Waals surface area contributed by atoms with Gasteiger partial charge in [0.2, 0.25) is 11.5 Å². The van der Waals surface area contributed by atoms with Gasteiger partial charge in [-0.25, -0.2) is 8.96 Å². The molecule has 0 aliphatic carbocycles. The van der Waals surface area contributed by atoms with Gasteiger partial charge in [0, 0.05) is 23.4 Å². The topological polar surface area (TPSA) is 227 Å². The molecular formula is C22H19FN10O6S3. The molecule has 218 valence electrons. The molecular weight excluding hydrogens is 616 g/mol. The summed E-state index contributed by atoms with van der Waals surface area (Å²) in [4.78, 5) is 58.3. The summed E-state index contributed by atoms with van der Waals surface area (Å²) >= 11 is 3.20. The zero-order valence-corrected chi connectivity index (χ0v) is 23.5. The molecule has 3 aromatic heterocycles. The number of imidazole rings is 1. The molecule has 2 atom stereocenters. The first-order chi connectivity index (χ1) is 20.2. The zero-order chi connectivity index (χ0) is 30.0. The molecule has 0 saturated carbocycles. The van der Waals surface area contributed by atoms with E-state index >= 15 is 0 Å². The molecule has 0 radical (unpaired) electrons. The molecule has 0 bridgehead atoms. The highest BCUT2D eigenvalue weighted by Crippen LogP contribution is 2.40. The van der Waals surface area contributed by atoms with Crippen molar-refractivity contribution in [2.24, 2.45) is 10.9 Å². The Balaban J connectivity index is 1.29. The third-order valence-electron chi connectivity index (χ3n) is 5.83. The molecule has 0 aromatic carbocycles. The lowest BCUT2D eigenvalue weighted by Gasteiger charge is -2.50. The summed E-state index contributed by atoms with van der Waals surface area (Å²) in [6.45, 7) is -1.32. The number of thioether (sulfide) groups is 2. The van der Waals surface area contributed by atoms with Gasteiger partial charge >= 0.3 is 5.65 Å². The van der Waals surface area contributed by atoms with Gasteiger partial charge < -0.3 is 31.5 Å². The molecule has 1 fully saturated rings. The van der Waals surface area contributed by atoms with Crippen molar-refractivity contribution < 1.29 is 38.1 Å². The molecule has 1 saturated heterocycles. The maximum Gasteiger partial charge on any atom is 0.307 e. The first-order valence-corrected chi connectivity index (χ1v) is 14.4. The lowest BCUT2D eigenvalue weighted by atomic mass is 10.0. The maximum absolute atomic E-state index is 13.0. The van der Waals surface area contributed by atoms with Gasteiger partial charge in [0.05, 0.1) is 11.7 Å². The number of primary amides is 1. The number of hydrogen-bond acceptors (Lipinski definition) is 14. The number of nitrogens with zero attached hydrogens (tertiary/aromatic N) is 7. The SMILES string of the molecule is NC(=O)C[n+]1ccn2nc(S/C=C/C3=C(C(=O)[O-])N4C(=O)[C@@H](NC(=O)/C(=N\OCF)c5nsc(N)n5)[C@H]4SC3)ccc21. The minimum atomic E-state index is -1.56. The van der Waals surface area contributed by atoms with Crippen LogP contribution in [0.15, 0.2) is 57.5 Å². The molecule has 3 aromatic rings. The Bertz CT molecular complexity index is 1690. The van der Waals surface area contributed by atoms with Gasteiger partial charge in [0.15, 0.2) is 17.9 Å². The average molecular weight is 635 g/mol. The highest BCUT2D eigenvalue weighted by molar-refractivity contribution is 8.02. The van der Waals surface area contributed by atoms with E-state index < -0.39 is 47.7 Å². The van der Waals surface area contributed by atoms with Gasteiger partial charge in [-0.3, -0.25) is 19.3 Å². The monoisotopic (exact) mass is 634 g/mol. The number of β-lactam (4-membered cyclic amide) rings is 1. The molecule has 2 aliphatic rings. The van der Waals surface area contributed by atoms with E-state index in [1.54, 1.807) is 45.1 Å². The molecule has 5 N–H and O–H groups in total. The molecule has 3 amide bonds. The molecule has 0 unspecified atom stereocenters. The number of nitrogens with one attached hydrogen (secondary N) is 1. The van der Waals surface area contributed by atoms with Crippen molar-refractivity contribution >= 4 is 75.2 Å². The van der Waals surface area contributed by atoms with Gasteiger partial charge in [0.25, 0.3) is 24.6 Å². The van der Waals surface area contributed by atoms with Crippen molar-refractivity contribution in [3.63, 3.8) is 0 Å². The molecule has 5 heterocycles. The number of carboxylic acids is 1. The van der Waals surface area contributed by atoms with Crippen LogP contribution in [0.5, 0.6) is 0 Å². The van der Waals surface area contributed by atoms with Crippen LogP contribution < -0.4 is 26.5 Å². The van der Waals surface area contributed by atoms with E-state index in [-0.39, 0.29) is 29.0 Å². The number of carbonyl (C=O) groups excluding carboxylic acids is 4. The third kappa shape index (κ3) is 5.76. The second-order valence-electron chi connectivity index (χ2n) is 8.44. The molecule has 2 aliphatic heterocycles. The summed E-state index contributed by atoms with van der Waals surface area (Å²) in [5.41, 5.74) is 10.9. The maximum atomic E-state index is 13.0. The van der Waals surface area contributed by atoms with Crippen molar-refractivity contribution in [3.05, 3.63) is 53.1 Å². The Morgan fingerprint density at radius 3 is 2.88 bits per heavy atom. The highest BCUT2D eigenvalue weighted by atomic mass is 32.2. The predicted octanol–water partition coefficient (Wildman–Crippen LogP) is -2.10. The Morgan fingerprint density at radius 2 is 2.19 bits per heavy atom. The largest absolute Gasteiger partial charge is 0.543 e. The minimum Gasteiger partial charge on any atom is -0.543 e. The van der Waals surface area contributed by atoms with Crippen LogP contribution in [0, 0.1) is 0 Å². The first-order valence-electron chi connectivity index (χ1n) is 11.7. The third-order valence-corrected chi connectivity index (χ3v) is 8.41. The van der Waals surface area contributed by atoms with Gasteiger partial charge in [0.1, 0.15) is 22.6 Å². The lowest BCUT2D eigenvalue weighted by molar-refractivity contribution is -0.658. The van der Waals surface area contributed by atoms with Crippen molar-refractivity contribution in [2.45, 2.75) is 23.0 Å². The Labute approximate surface area is 247 Å². The number of oxime groups is 1.